The van der Waals surface area contributed by atoms with Gasteiger partial charge in [0.05, 0.1) is 26.9 Å². The second-order valence-corrected chi connectivity index (χ2v) is 5.32. The molecule has 0 aromatic heterocycles. The minimum Gasteiger partial charge on any atom is -0.493 e. The molecule has 1 N–H and O–H groups in total. The summed E-state index contributed by atoms with van der Waals surface area (Å²) in [6.07, 6.45) is -0.890. The van der Waals surface area contributed by atoms with Crippen molar-refractivity contribution in [3.05, 3.63) is 59.4 Å². The fraction of sp³-hybridized carbons (Fsp3) is 0.278. The van der Waals surface area contributed by atoms with E-state index in [0.29, 0.717) is 22.6 Å². The maximum atomic E-state index is 12.9. The van der Waals surface area contributed by atoms with Crippen molar-refractivity contribution in [3.63, 3.8) is 0 Å². The highest BCUT2D eigenvalue weighted by Gasteiger charge is 2.18. The lowest BCUT2D eigenvalue weighted by molar-refractivity contribution is 0.0680. The van der Waals surface area contributed by atoms with Crippen LogP contribution in [0.2, 0.25) is 0 Å². The van der Waals surface area contributed by atoms with Crippen LogP contribution in [-0.4, -0.2) is 43.7 Å². The van der Waals surface area contributed by atoms with Crippen LogP contribution in [0.15, 0.2) is 42.5 Å². The number of benzene rings is 2. The molecule has 0 heterocycles. The summed E-state index contributed by atoms with van der Waals surface area (Å²) >= 11 is 0. The van der Waals surface area contributed by atoms with Crippen molar-refractivity contribution in [1.82, 2.24) is 4.90 Å². The van der Waals surface area contributed by atoms with E-state index in [1.807, 2.05) is 0 Å². The van der Waals surface area contributed by atoms with E-state index in [9.17, 15) is 14.3 Å². The molecule has 5 nitrogen and oxygen atoms in total. The Hall–Kier alpha value is -2.60. The summed E-state index contributed by atoms with van der Waals surface area (Å²) in [5.74, 6) is 0.361. The number of rotatable bonds is 6. The van der Waals surface area contributed by atoms with Crippen molar-refractivity contribution >= 4 is 5.91 Å². The summed E-state index contributed by atoms with van der Waals surface area (Å²) in [4.78, 5) is 13.7. The van der Waals surface area contributed by atoms with Crippen molar-refractivity contribution in [2.75, 3.05) is 27.8 Å². The first-order chi connectivity index (χ1) is 11.5. The molecule has 1 amide bonds. The van der Waals surface area contributed by atoms with Gasteiger partial charge in [0.25, 0.3) is 5.91 Å². The van der Waals surface area contributed by atoms with Gasteiger partial charge in [-0.05, 0) is 42.0 Å². The molecule has 2 rings (SSSR count). The molecular weight excluding hydrogens is 313 g/mol. The van der Waals surface area contributed by atoms with Gasteiger partial charge < -0.3 is 19.5 Å². The minimum atomic E-state index is -0.890. The van der Waals surface area contributed by atoms with Crippen molar-refractivity contribution in [1.29, 1.82) is 0 Å². The van der Waals surface area contributed by atoms with Crippen LogP contribution in [-0.2, 0) is 0 Å². The Morgan fingerprint density at radius 1 is 1.12 bits per heavy atom. The lowest BCUT2D eigenvalue weighted by Gasteiger charge is -2.22. The van der Waals surface area contributed by atoms with E-state index in [0.717, 1.165) is 0 Å². The largest absolute Gasteiger partial charge is 0.493 e. The monoisotopic (exact) mass is 333 g/mol. The molecule has 2 aromatic carbocycles. The first-order valence-electron chi connectivity index (χ1n) is 7.37. The molecule has 1 atom stereocenters. The number of methoxy groups -OCH3 is 2. The van der Waals surface area contributed by atoms with Crippen molar-refractivity contribution in [2.24, 2.45) is 0 Å². The number of aliphatic hydroxyl groups is 1. The molecular formula is C18H20FNO4. The highest BCUT2D eigenvalue weighted by atomic mass is 19.1. The second kappa shape index (κ2) is 7.79. The van der Waals surface area contributed by atoms with Crippen molar-refractivity contribution < 1.29 is 23.8 Å². The number of hydrogen-bond donors (Lipinski definition) is 1. The SMILES string of the molecule is COc1ccc(C(O)CN(C)C(=O)c2ccc(F)cc2)cc1OC. The topological polar surface area (TPSA) is 59.0 Å². The molecule has 0 aliphatic carbocycles. The van der Waals surface area contributed by atoms with Crippen LogP contribution in [0.5, 0.6) is 11.5 Å². The molecule has 24 heavy (non-hydrogen) atoms. The number of hydrogen-bond acceptors (Lipinski definition) is 4. The number of likely N-dealkylation sites (N-methyl/N-ethyl adjacent to an activating group) is 1. The van der Waals surface area contributed by atoms with Gasteiger partial charge >= 0.3 is 0 Å². The molecule has 0 aliphatic rings. The molecule has 0 radical (unpaired) electrons. The lowest BCUT2D eigenvalue weighted by Crippen LogP contribution is -2.31. The normalized spacial score (nSPS) is 11.7. The Morgan fingerprint density at radius 3 is 2.33 bits per heavy atom. The quantitative estimate of drug-likeness (QED) is 0.883. The first kappa shape index (κ1) is 17.7. The zero-order valence-electron chi connectivity index (χ0n) is 13.8. The van der Waals surface area contributed by atoms with E-state index in [4.69, 9.17) is 9.47 Å². The van der Waals surface area contributed by atoms with Gasteiger partial charge in [0.1, 0.15) is 5.82 Å². The molecule has 1 unspecified atom stereocenters. The number of carbonyl (C=O) groups is 1. The summed E-state index contributed by atoms with van der Waals surface area (Å²) < 4.78 is 23.3. The van der Waals surface area contributed by atoms with Gasteiger partial charge in [-0.1, -0.05) is 6.07 Å². The minimum absolute atomic E-state index is 0.0890. The van der Waals surface area contributed by atoms with Gasteiger partial charge in [-0.25, -0.2) is 4.39 Å². The van der Waals surface area contributed by atoms with Gasteiger partial charge in [-0.15, -0.1) is 0 Å². The van der Waals surface area contributed by atoms with Gasteiger partial charge in [-0.3, -0.25) is 4.79 Å². The van der Waals surface area contributed by atoms with E-state index in [1.165, 1.54) is 43.4 Å². The molecule has 0 fully saturated rings. The summed E-state index contributed by atoms with van der Waals surface area (Å²) in [5.41, 5.74) is 0.963. The highest BCUT2D eigenvalue weighted by Crippen LogP contribution is 2.30. The van der Waals surface area contributed by atoms with E-state index < -0.39 is 11.9 Å². The fourth-order valence-electron chi connectivity index (χ4n) is 2.32. The highest BCUT2D eigenvalue weighted by molar-refractivity contribution is 5.94. The summed E-state index contributed by atoms with van der Waals surface area (Å²) in [5, 5.41) is 10.4. The maximum Gasteiger partial charge on any atom is 0.253 e. The lowest BCUT2D eigenvalue weighted by atomic mass is 10.1. The van der Waals surface area contributed by atoms with Crippen molar-refractivity contribution in [2.45, 2.75) is 6.10 Å². The Balaban J connectivity index is 2.09. The van der Waals surface area contributed by atoms with Crippen LogP contribution in [0, 0.1) is 5.82 Å². The van der Waals surface area contributed by atoms with E-state index in [1.54, 1.807) is 25.2 Å². The molecule has 2 aromatic rings. The number of carbonyl (C=O) groups excluding carboxylic acids is 1. The molecule has 128 valence electrons. The third-order valence-electron chi connectivity index (χ3n) is 3.68. The van der Waals surface area contributed by atoms with Gasteiger partial charge in [0.15, 0.2) is 11.5 Å². The predicted octanol–water partition coefficient (Wildman–Crippen LogP) is 2.65. The third kappa shape index (κ3) is 4.02. The van der Waals surface area contributed by atoms with Crippen LogP contribution in [0.1, 0.15) is 22.0 Å². The summed E-state index contributed by atoms with van der Waals surface area (Å²) in [6.45, 7) is 0.0890. The van der Waals surface area contributed by atoms with Crippen LogP contribution in [0.25, 0.3) is 0 Å². The van der Waals surface area contributed by atoms with Crippen LogP contribution in [0.3, 0.4) is 0 Å². The third-order valence-corrected chi connectivity index (χ3v) is 3.68. The maximum absolute atomic E-state index is 12.9. The van der Waals surface area contributed by atoms with E-state index in [2.05, 4.69) is 0 Å². The number of halogens is 1. The molecule has 0 aliphatic heterocycles. The number of aliphatic hydroxyl groups excluding tert-OH is 1. The Kier molecular flexibility index (Phi) is 5.76. The van der Waals surface area contributed by atoms with Gasteiger partial charge in [-0.2, -0.15) is 0 Å². The Morgan fingerprint density at radius 2 is 1.75 bits per heavy atom. The molecule has 6 heteroatoms. The molecule has 0 bridgehead atoms. The molecule has 0 spiro atoms. The number of nitrogens with zero attached hydrogens (tertiary/aromatic N) is 1. The Labute approximate surface area is 140 Å². The van der Waals surface area contributed by atoms with Crippen LogP contribution in [0.4, 0.5) is 4.39 Å². The summed E-state index contributed by atoms with van der Waals surface area (Å²) in [6, 6.07) is 10.4. The van der Waals surface area contributed by atoms with E-state index in [-0.39, 0.29) is 12.5 Å². The molecule has 0 saturated carbocycles. The number of ether oxygens (including phenoxy) is 2. The average Bonchev–Trinajstić information content (AvgIpc) is 2.60. The first-order valence-corrected chi connectivity index (χ1v) is 7.37. The second-order valence-electron chi connectivity index (χ2n) is 5.32. The number of amides is 1. The average molecular weight is 333 g/mol. The van der Waals surface area contributed by atoms with Gasteiger partial charge in [0, 0.05) is 12.6 Å². The standard InChI is InChI=1S/C18H20FNO4/c1-20(18(22)12-4-7-14(19)8-5-12)11-15(21)13-6-9-16(23-2)17(10-13)24-3/h4-10,15,21H,11H2,1-3H3. The smallest absolute Gasteiger partial charge is 0.253 e. The van der Waals surface area contributed by atoms with Crippen LogP contribution >= 0.6 is 0 Å². The molecule has 0 saturated heterocycles. The predicted molar refractivity (Wildman–Crippen MR) is 87.9 cm³/mol. The van der Waals surface area contributed by atoms with Crippen LogP contribution < -0.4 is 9.47 Å². The zero-order valence-corrected chi connectivity index (χ0v) is 13.8. The fourth-order valence-corrected chi connectivity index (χ4v) is 2.32. The zero-order chi connectivity index (χ0) is 17.7. The van der Waals surface area contributed by atoms with Crippen molar-refractivity contribution in [3.8, 4) is 11.5 Å². The Bertz CT molecular complexity index is 703. The summed E-state index contributed by atoms with van der Waals surface area (Å²) in [7, 11) is 4.62. The van der Waals surface area contributed by atoms with Gasteiger partial charge in [0.2, 0.25) is 0 Å². The van der Waals surface area contributed by atoms with E-state index >= 15 is 0 Å².